The van der Waals surface area contributed by atoms with Crippen molar-refractivity contribution < 1.29 is 9.90 Å². The summed E-state index contributed by atoms with van der Waals surface area (Å²) in [5, 5.41) is 18.1. The fourth-order valence-corrected chi connectivity index (χ4v) is 5.11. The number of imidazole rings is 1. The number of aromatic nitrogens is 4. The minimum atomic E-state index is -0.129. The van der Waals surface area contributed by atoms with Crippen molar-refractivity contribution in [1.82, 2.24) is 24.3 Å². The maximum Gasteiger partial charge on any atom is 0.251 e. The molecule has 4 aromatic heterocycles. The highest BCUT2D eigenvalue weighted by Crippen LogP contribution is 2.31. The Bertz CT molecular complexity index is 2000. The number of amides is 1. The normalized spacial score (nSPS) is 11.2. The van der Waals surface area contributed by atoms with E-state index in [2.05, 4.69) is 26.7 Å². The van der Waals surface area contributed by atoms with Gasteiger partial charge in [0, 0.05) is 65.2 Å². The van der Waals surface area contributed by atoms with E-state index >= 15 is 0 Å². The molecule has 1 amide bonds. The molecule has 0 atom stereocenters. The summed E-state index contributed by atoms with van der Waals surface area (Å²) in [5.74, 6) is 0.0384. The molecule has 41 heavy (non-hydrogen) atoms. The number of nitrogens with one attached hydrogen (secondary N) is 3. The summed E-state index contributed by atoms with van der Waals surface area (Å²) in [4.78, 5) is 20.3. The number of aromatic amines is 1. The molecule has 0 aliphatic carbocycles. The third-order valence-corrected chi connectivity index (χ3v) is 7.21. The van der Waals surface area contributed by atoms with E-state index in [1.54, 1.807) is 12.4 Å². The Morgan fingerprint density at radius 2 is 1.76 bits per heavy atom. The van der Waals surface area contributed by atoms with Gasteiger partial charge in [-0.15, -0.1) is 0 Å². The summed E-state index contributed by atoms with van der Waals surface area (Å²) < 4.78 is 4.07. The smallest absolute Gasteiger partial charge is 0.251 e. The number of nitrogens with zero attached hydrogens (tertiary/aromatic N) is 3. The first-order valence-electron chi connectivity index (χ1n) is 13.3. The van der Waals surface area contributed by atoms with Crippen molar-refractivity contribution in [3.8, 4) is 22.8 Å². The van der Waals surface area contributed by atoms with Crippen LogP contribution in [0, 0.1) is 0 Å². The monoisotopic (exact) mass is 538 g/mol. The molecule has 0 fully saturated rings. The first-order chi connectivity index (χ1) is 20.1. The van der Waals surface area contributed by atoms with Crippen molar-refractivity contribution in [3.05, 3.63) is 133 Å². The maximum atomic E-state index is 12.8. The number of fused-ring (bicyclic) bond motifs is 2. The van der Waals surface area contributed by atoms with Crippen LogP contribution in [-0.4, -0.2) is 29.9 Å². The van der Waals surface area contributed by atoms with Gasteiger partial charge in [0.2, 0.25) is 0 Å². The van der Waals surface area contributed by atoms with Gasteiger partial charge < -0.3 is 25.3 Å². The van der Waals surface area contributed by atoms with E-state index < -0.39 is 0 Å². The molecule has 7 aromatic rings. The van der Waals surface area contributed by atoms with Crippen LogP contribution in [0.15, 0.2) is 122 Å². The van der Waals surface area contributed by atoms with Crippen LogP contribution >= 0.6 is 0 Å². The lowest BCUT2D eigenvalue weighted by Gasteiger charge is -2.12. The minimum absolute atomic E-state index is 0.129. The van der Waals surface area contributed by atoms with Crippen molar-refractivity contribution in [1.29, 1.82) is 0 Å². The van der Waals surface area contributed by atoms with Crippen LogP contribution in [-0.2, 0) is 6.54 Å². The summed E-state index contributed by atoms with van der Waals surface area (Å²) in [6.07, 6.45) is 9.48. The quantitative estimate of drug-likeness (QED) is 0.183. The molecule has 0 bridgehead atoms. The van der Waals surface area contributed by atoms with Gasteiger partial charge in [-0.1, -0.05) is 18.2 Å². The van der Waals surface area contributed by atoms with Crippen molar-refractivity contribution in [3.63, 3.8) is 0 Å². The lowest BCUT2D eigenvalue weighted by molar-refractivity contribution is 0.0951. The van der Waals surface area contributed by atoms with E-state index in [4.69, 9.17) is 0 Å². The number of pyridine rings is 1. The number of aromatic hydroxyl groups is 1. The van der Waals surface area contributed by atoms with Crippen molar-refractivity contribution >= 4 is 33.7 Å². The van der Waals surface area contributed by atoms with Crippen LogP contribution < -0.4 is 10.6 Å². The second-order valence-corrected chi connectivity index (χ2v) is 9.84. The Labute approximate surface area is 235 Å². The molecule has 7 rings (SSSR count). The lowest BCUT2D eigenvalue weighted by atomic mass is 10.1. The number of carbonyl (C=O) groups excluding carboxylic acids is 1. The third-order valence-electron chi connectivity index (χ3n) is 7.21. The number of carbonyl (C=O) groups is 1. The molecular weight excluding hydrogens is 512 g/mol. The molecule has 0 spiro atoms. The van der Waals surface area contributed by atoms with Crippen LogP contribution in [0.2, 0.25) is 0 Å². The van der Waals surface area contributed by atoms with E-state index in [0.29, 0.717) is 12.1 Å². The van der Waals surface area contributed by atoms with Crippen molar-refractivity contribution in [2.45, 2.75) is 6.54 Å². The average molecular weight is 539 g/mol. The molecule has 4 heterocycles. The van der Waals surface area contributed by atoms with Crippen LogP contribution in [0.5, 0.6) is 5.88 Å². The van der Waals surface area contributed by atoms with E-state index in [9.17, 15) is 9.90 Å². The van der Waals surface area contributed by atoms with Crippen LogP contribution in [0.3, 0.4) is 0 Å². The first kappa shape index (κ1) is 24.3. The van der Waals surface area contributed by atoms with Crippen molar-refractivity contribution in [2.75, 3.05) is 5.32 Å². The highest BCUT2D eigenvalue weighted by atomic mass is 16.3. The number of hydrogen-bond acceptors (Lipinski definition) is 4. The molecule has 0 radical (unpaired) electrons. The molecule has 0 aliphatic rings. The standard InChI is InChI=1S/C33H26N6O2/c40-32(35-20-22-4-3-5-27(18-22)38-15-1-2-16-38)23-6-9-26(10-7-23)37-29-12-13-30(39-17-14-34-31(29)39)24-8-11-28-25(19-24)21-36-33(28)41/h1-19,21,36-37,41H,20H2,(H,35,40). The summed E-state index contributed by atoms with van der Waals surface area (Å²) in [6.45, 7) is 0.441. The number of rotatable bonds is 7. The molecule has 0 saturated heterocycles. The Morgan fingerprint density at radius 3 is 2.61 bits per heavy atom. The van der Waals surface area contributed by atoms with Crippen LogP contribution in [0.1, 0.15) is 15.9 Å². The second kappa shape index (κ2) is 10.1. The molecule has 3 aromatic carbocycles. The second-order valence-electron chi connectivity index (χ2n) is 9.84. The van der Waals surface area contributed by atoms with Gasteiger partial charge in [0.15, 0.2) is 11.5 Å². The van der Waals surface area contributed by atoms with Gasteiger partial charge in [-0.05, 0) is 83.9 Å². The van der Waals surface area contributed by atoms with Crippen LogP contribution in [0.4, 0.5) is 11.4 Å². The highest BCUT2D eigenvalue weighted by molar-refractivity contribution is 5.95. The highest BCUT2D eigenvalue weighted by Gasteiger charge is 2.12. The molecule has 8 heteroatoms. The zero-order chi connectivity index (χ0) is 27.8. The van der Waals surface area contributed by atoms with Crippen LogP contribution in [0.25, 0.3) is 33.4 Å². The van der Waals surface area contributed by atoms with Gasteiger partial charge in [-0.25, -0.2) is 4.98 Å². The van der Waals surface area contributed by atoms with Gasteiger partial charge >= 0.3 is 0 Å². The zero-order valence-electron chi connectivity index (χ0n) is 22.0. The van der Waals surface area contributed by atoms with E-state index in [1.807, 2.05) is 112 Å². The van der Waals surface area contributed by atoms with E-state index in [0.717, 1.165) is 50.3 Å². The first-order valence-corrected chi connectivity index (χ1v) is 13.3. The van der Waals surface area contributed by atoms with Gasteiger partial charge in [0.25, 0.3) is 5.91 Å². The maximum absolute atomic E-state index is 12.8. The number of benzene rings is 3. The Balaban J connectivity index is 1.05. The van der Waals surface area contributed by atoms with E-state index in [-0.39, 0.29) is 11.8 Å². The zero-order valence-corrected chi connectivity index (χ0v) is 22.0. The van der Waals surface area contributed by atoms with Gasteiger partial charge in [0.1, 0.15) is 0 Å². The van der Waals surface area contributed by atoms with Crippen molar-refractivity contribution in [2.24, 2.45) is 0 Å². The number of anilines is 2. The number of hydrogen-bond donors (Lipinski definition) is 4. The average Bonchev–Trinajstić information content (AvgIpc) is 3.79. The lowest BCUT2D eigenvalue weighted by Crippen LogP contribution is -2.22. The fraction of sp³-hybridized carbons (Fsp3) is 0.0303. The van der Waals surface area contributed by atoms with Gasteiger partial charge in [-0.2, -0.15) is 0 Å². The summed E-state index contributed by atoms with van der Waals surface area (Å²) >= 11 is 0. The number of H-pyrrole nitrogens is 1. The molecule has 200 valence electrons. The molecule has 0 unspecified atom stereocenters. The predicted molar refractivity (Wildman–Crippen MR) is 161 cm³/mol. The Morgan fingerprint density at radius 1 is 0.902 bits per heavy atom. The summed E-state index contributed by atoms with van der Waals surface area (Å²) in [7, 11) is 0. The van der Waals surface area contributed by atoms with Gasteiger partial charge in [-0.3, -0.25) is 9.20 Å². The third kappa shape index (κ3) is 4.68. The summed E-state index contributed by atoms with van der Waals surface area (Å²) in [5.41, 5.74) is 7.14. The van der Waals surface area contributed by atoms with Gasteiger partial charge in [0.05, 0.1) is 11.4 Å². The largest absolute Gasteiger partial charge is 0.494 e. The summed E-state index contributed by atoms with van der Waals surface area (Å²) in [6, 6.07) is 29.4. The minimum Gasteiger partial charge on any atom is -0.494 e. The SMILES string of the molecule is O=C(NCc1cccc(-n2cccc2)c1)c1ccc(Nc2ccc(-c3ccc4c(O)[nH]cc4c3)n3ccnc23)cc1. The molecule has 4 N–H and O–H groups in total. The fourth-order valence-electron chi connectivity index (χ4n) is 5.11. The molecule has 0 aliphatic heterocycles. The topological polar surface area (TPSA) is 99.4 Å². The Hall–Kier alpha value is -5.76. The predicted octanol–water partition coefficient (Wildman–Crippen LogP) is 6.65. The Kier molecular flexibility index (Phi) is 5.98. The molecule has 0 saturated carbocycles. The van der Waals surface area contributed by atoms with E-state index in [1.165, 1.54) is 0 Å². The molecular formula is C33H26N6O2. The molecule has 8 nitrogen and oxygen atoms in total.